The summed E-state index contributed by atoms with van der Waals surface area (Å²) >= 11 is 0. The van der Waals surface area contributed by atoms with Gasteiger partial charge in [-0.15, -0.1) is 0 Å². The van der Waals surface area contributed by atoms with Gasteiger partial charge in [0.25, 0.3) is 0 Å². The molecule has 0 radical (unpaired) electrons. The largest absolute Gasteiger partial charge is 0.466 e. The van der Waals surface area contributed by atoms with Gasteiger partial charge >= 0.3 is 11.9 Å². The van der Waals surface area contributed by atoms with Gasteiger partial charge < -0.3 is 18.9 Å². The summed E-state index contributed by atoms with van der Waals surface area (Å²) in [6, 6.07) is 0. The predicted octanol–water partition coefficient (Wildman–Crippen LogP) is 7.04. The molecule has 0 aromatic rings. The molecule has 1 aliphatic heterocycles. The molecule has 3 atom stereocenters. The maximum Gasteiger partial charge on any atom is 0.306 e. The molecule has 1 aliphatic rings. The number of unbranched alkanes of at least 4 members (excludes halogenated alkanes) is 2. The molecule has 1 rings (SSSR count). The van der Waals surface area contributed by atoms with Crippen molar-refractivity contribution in [1.82, 2.24) is 0 Å². The highest BCUT2D eigenvalue weighted by Crippen LogP contribution is 2.25. The fraction of sp³-hybridized carbons (Fsp3) is 0.778. The van der Waals surface area contributed by atoms with Crippen LogP contribution in [0.1, 0.15) is 105 Å². The van der Waals surface area contributed by atoms with Crippen molar-refractivity contribution in [1.29, 1.82) is 0 Å². The van der Waals surface area contributed by atoms with Crippen molar-refractivity contribution in [3.63, 3.8) is 0 Å². The Kier molecular flexibility index (Phi) is 16.2. The van der Waals surface area contributed by atoms with E-state index in [1.807, 2.05) is 0 Å². The topological polar surface area (TPSA) is 71.1 Å². The molecule has 6 nitrogen and oxygen atoms in total. The lowest BCUT2D eigenvalue weighted by atomic mass is 9.94. The van der Waals surface area contributed by atoms with E-state index in [1.54, 1.807) is 0 Å². The van der Waals surface area contributed by atoms with Gasteiger partial charge in [-0.1, -0.05) is 66.2 Å². The second-order valence-electron chi connectivity index (χ2n) is 9.12. The first-order chi connectivity index (χ1) is 16.0. The van der Waals surface area contributed by atoms with E-state index in [-0.39, 0.29) is 30.7 Å². The zero-order valence-electron chi connectivity index (χ0n) is 21.3. The minimum absolute atomic E-state index is 0.0795. The van der Waals surface area contributed by atoms with E-state index in [0.717, 1.165) is 51.4 Å². The predicted molar refractivity (Wildman–Crippen MR) is 130 cm³/mol. The summed E-state index contributed by atoms with van der Waals surface area (Å²) in [5.41, 5.74) is 0. The number of carbonyl (C=O) groups excluding carboxylic acids is 2. The van der Waals surface area contributed by atoms with E-state index in [9.17, 15) is 9.59 Å². The van der Waals surface area contributed by atoms with Gasteiger partial charge in [0.1, 0.15) is 24.5 Å². The van der Waals surface area contributed by atoms with Gasteiger partial charge in [0.05, 0.1) is 13.2 Å². The van der Waals surface area contributed by atoms with Gasteiger partial charge in [0, 0.05) is 19.3 Å². The normalized spacial score (nSPS) is 15.6. The van der Waals surface area contributed by atoms with Gasteiger partial charge in [-0.3, -0.25) is 9.59 Å². The maximum atomic E-state index is 12.5. The first-order valence-electron chi connectivity index (χ1n) is 13.0. The maximum absolute atomic E-state index is 12.5. The number of hydrogen-bond donors (Lipinski definition) is 0. The molecule has 0 aromatic heterocycles. The van der Waals surface area contributed by atoms with Crippen LogP contribution in [0.5, 0.6) is 0 Å². The van der Waals surface area contributed by atoms with E-state index in [2.05, 4.69) is 27.7 Å². The van der Waals surface area contributed by atoms with Crippen LogP contribution in [0.25, 0.3) is 0 Å². The van der Waals surface area contributed by atoms with Crippen LogP contribution in [0.3, 0.4) is 0 Å². The summed E-state index contributed by atoms with van der Waals surface area (Å²) in [5, 5.41) is 0. The van der Waals surface area contributed by atoms with Gasteiger partial charge in [-0.25, -0.2) is 0 Å². The van der Waals surface area contributed by atoms with Crippen molar-refractivity contribution in [3.8, 4) is 0 Å². The third kappa shape index (κ3) is 14.0. The molecule has 0 spiro atoms. The van der Waals surface area contributed by atoms with Crippen molar-refractivity contribution in [3.05, 3.63) is 24.5 Å². The molecule has 0 saturated carbocycles. The molecule has 3 unspecified atom stereocenters. The standard InChI is InChI=1S/C27H46O6/c1-5-9-11-22(7-3)19-32-26(28)14-13-24(17-25-21-30-15-16-31-25)18-27(29)33-20-23(8-4)12-10-6-2/h15-16,21-24H,5-14,17-20H2,1-4H3. The van der Waals surface area contributed by atoms with E-state index in [0.29, 0.717) is 43.7 Å². The second-order valence-corrected chi connectivity index (χ2v) is 9.12. The van der Waals surface area contributed by atoms with Crippen molar-refractivity contribution in [2.24, 2.45) is 17.8 Å². The number of allylic oxidation sites excluding steroid dienone is 1. The quantitative estimate of drug-likeness (QED) is 0.190. The summed E-state index contributed by atoms with van der Waals surface area (Å²) in [5.74, 6) is 0.964. The lowest BCUT2D eigenvalue weighted by Gasteiger charge is -2.20. The van der Waals surface area contributed by atoms with Crippen LogP contribution in [0, 0.1) is 17.8 Å². The molecule has 0 aliphatic carbocycles. The smallest absolute Gasteiger partial charge is 0.306 e. The number of ether oxygens (including phenoxy) is 4. The van der Waals surface area contributed by atoms with Gasteiger partial charge in [0.2, 0.25) is 0 Å². The molecule has 0 aromatic carbocycles. The van der Waals surface area contributed by atoms with Crippen LogP contribution in [0.4, 0.5) is 0 Å². The first kappa shape index (κ1) is 29.1. The molecule has 0 bridgehead atoms. The van der Waals surface area contributed by atoms with Crippen LogP contribution in [0.15, 0.2) is 24.5 Å². The van der Waals surface area contributed by atoms with Gasteiger partial charge in [0.15, 0.2) is 0 Å². The Balaban J connectivity index is 2.53. The zero-order valence-corrected chi connectivity index (χ0v) is 21.3. The average Bonchev–Trinajstić information content (AvgIpc) is 2.83. The van der Waals surface area contributed by atoms with Crippen molar-refractivity contribution in [2.75, 3.05) is 13.2 Å². The zero-order chi connectivity index (χ0) is 24.3. The molecule has 0 saturated heterocycles. The number of carbonyl (C=O) groups is 2. The second kappa shape index (κ2) is 18.4. The Bertz CT molecular complexity index is 597. The van der Waals surface area contributed by atoms with Crippen LogP contribution < -0.4 is 0 Å². The highest BCUT2D eigenvalue weighted by Gasteiger charge is 2.21. The van der Waals surface area contributed by atoms with Gasteiger partial charge in [-0.2, -0.15) is 0 Å². The third-order valence-electron chi connectivity index (χ3n) is 6.30. The highest BCUT2D eigenvalue weighted by atomic mass is 16.5. The Morgan fingerprint density at radius 3 is 1.94 bits per heavy atom. The molecule has 190 valence electrons. The van der Waals surface area contributed by atoms with E-state index < -0.39 is 0 Å². The first-order valence-corrected chi connectivity index (χ1v) is 13.0. The van der Waals surface area contributed by atoms with Crippen molar-refractivity contribution < 1.29 is 28.5 Å². The average molecular weight is 467 g/mol. The number of rotatable bonds is 19. The Labute approximate surface area is 201 Å². The summed E-state index contributed by atoms with van der Waals surface area (Å²) < 4.78 is 21.8. The van der Waals surface area contributed by atoms with Crippen LogP contribution in [-0.2, 0) is 28.5 Å². The van der Waals surface area contributed by atoms with Crippen LogP contribution in [0.2, 0.25) is 0 Å². The fourth-order valence-corrected chi connectivity index (χ4v) is 3.85. The third-order valence-corrected chi connectivity index (χ3v) is 6.30. The summed E-state index contributed by atoms with van der Waals surface area (Å²) in [6.45, 7) is 9.55. The minimum atomic E-state index is -0.221. The SMILES string of the molecule is CCCCC(CC)COC(=O)CCC(CC(=O)OCC(CC)CCCC)CC1=COC=CO1. The van der Waals surface area contributed by atoms with E-state index >= 15 is 0 Å². The summed E-state index contributed by atoms with van der Waals surface area (Å²) in [6.07, 6.45) is 14.8. The summed E-state index contributed by atoms with van der Waals surface area (Å²) in [7, 11) is 0. The van der Waals surface area contributed by atoms with Crippen molar-refractivity contribution >= 4 is 11.9 Å². The Hall–Kier alpha value is -1.98. The monoisotopic (exact) mass is 466 g/mol. The molecule has 0 fully saturated rings. The highest BCUT2D eigenvalue weighted by molar-refractivity contribution is 5.71. The Morgan fingerprint density at radius 2 is 1.42 bits per heavy atom. The molecule has 0 N–H and O–H groups in total. The van der Waals surface area contributed by atoms with Crippen molar-refractivity contribution in [2.45, 2.75) is 105 Å². The molecule has 1 heterocycles. The molecule has 0 amide bonds. The van der Waals surface area contributed by atoms with Crippen LogP contribution >= 0.6 is 0 Å². The van der Waals surface area contributed by atoms with E-state index in [1.165, 1.54) is 18.8 Å². The number of esters is 2. The molecular weight excluding hydrogens is 420 g/mol. The minimum Gasteiger partial charge on any atom is -0.466 e. The molecule has 6 heteroatoms. The summed E-state index contributed by atoms with van der Waals surface area (Å²) in [4.78, 5) is 24.9. The Morgan fingerprint density at radius 1 is 0.818 bits per heavy atom. The molecule has 33 heavy (non-hydrogen) atoms. The number of hydrogen-bond acceptors (Lipinski definition) is 6. The van der Waals surface area contributed by atoms with Gasteiger partial charge in [-0.05, 0) is 37.0 Å². The molecular formula is C27H46O6. The van der Waals surface area contributed by atoms with E-state index in [4.69, 9.17) is 18.9 Å². The lowest BCUT2D eigenvalue weighted by Crippen LogP contribution is -2.19. The fourth-order valence-electron chi connectivity index (χ4n) is 3.85. The van der Waals surface area contributed by atoms with Crippen LogP contribution in [-0.4, -0.2) is 25.2 Å². The lowest BCUT2D eigenvalue weighted by molar-refractivity contribution is -0.148.